The molecule has 138 valence electrons. The Balaban J connectivity index is 2.03. The van der Waals surface area contributed by atoms with Gasteiger partial charge in [-0.2, -0.15) is 0 Å². The fourth-order valence-corrected chi connectivity index (χ4v) is 2.68. The maximum Gasteiger partial charge on any atom is 0.255 e. The Morgan fingerprint density at radius 1 is 0.885 bits per heavy atom. The van der Waals surface area contributed by atoms with E-state index in [4.69, 9.17) is 4.74 Å². The summed E-state index contributed by atoms with van der Waals surface area (Å²) in [5, 5.41) is 2.84. The van der Waals surface area contributed by atoms with E-state index in [1.165, 1.54) is 0 Å². The number of amides is 2. The van der Waals surface area contributed by atoms with Gasteiger partial charge in [0, 0.05) is 29.9 Å². The van der Waals surface area contributed by atoms with E-state index in [1.54, 1.807) is 55.6 Å². The van der Waals surface area contributed by atoms with Crippen molar-refractivity contribution in [3.8, 4) is 5.75 Å². The number of ether oxygens (including phenoxy) is 1. The molecule has 0 saturated carbocycles. The lowest BCUT2D eigenvalue weighted by Gasteiger charge is -2.21. The van der Waals surface area contributed by atoms with Crippen LogP contribution in [0.4, 0.5) is 5.69 Å². The number of carbonyl (C=O) groups is 2. The molecule has 2 aromatic rings. The Hall–Kier alpha value is -2.82. The van der Waals surface area contributed by atoms with Gasteiger partial charge in [0.05, 0.1) is 7.11 Å². The number of methoxy groups -OCH3 is 1. The molecule has 0 aromatic heterocycles. The van der Waals surface area contributed by atoms with Crippen molar-refractivity contribution in [1.82, 2.24) is 4.90 Å². The lowest BCUT2D eigenvalue weighted by atomic mass is 10.1. The third-order valence-electron chi connectivity index (χ3n) is 4.02. The summed E-state index contributed by atoms with van der Waals surface area (Å²) in [6.45, 7) is 5.63. The monoisotopic (exact) mass is 354 g/mol. The average Bonchev–Trinajstić information content (AvgIpc) is 2.68. The summed E-state index contributed by atoms with van der Waals surface area (Å²) in [5.74, 6) is 0.528. The van der Waals surface area contributed by atoms with E-state index in [9.17, 15) is 9.59 Å². The molecule has 5 nitrogen and oxygen atoms in total. The van der Waals surface area contributed by atoms with Crippen LogP contribution in [0, 0.1) is 0 Å². The van der Waals surface area contributed by atoms with Gasteiger partial charge in [-0.05, 0) is 61.4 Å². The number of anilines is 1. The first-order valence-electron chi connectivity index (χ1n) is 8.93. The van der Waals surface area contributed by atoms with Crippen LogP contribution in [0.1, 0.15) is 47.4 Å². The predicted molar refractivity (Wildman–Crippen MR) is 104 cm³/mol. The number of hydrogen-bond acceptors (Lipinski definition) is 3. The minimum absolute atomic E-state index is 0.0294. The number of hydrogen-bond donors (Lipinski definition) is 1. The van der Waals surface area contributed by atoms with Gasteiger partial charge in [0.25, 0.3) is 11.8 Å². The molecule has 0 atom stereocenters. The summed E-state index contributed by atoms with van der Waals surface area (Å²) in [7, 11) is 1.58. The molecule has 26 heavy (non-hydrogen) atoms. The molecule has 0 bridgehead atoms. The van der Waals surface area contributed by atoms with E-state index in [0.29, 0.717) is 22.6 Å². The zero-order valence-corrected chi connectivity index (χ0v) is 15.6. The van der Waals surface area contributed by atoms with Crippen molar-refractivity contribution in [2.45, 2.75) is 26.7 Å². The van der Waals surface area contributed by atoms with Gasteiger partial charge in [-0.25, -0.2) is 0 Å². The van der Waals surface area contributed by atoms with E-state index in [0.717, 1.165) is 25.9 Å². The Bertz CT molecular complexity index is 718. The fraction of sp³-hybridized carbons (Fsp3) is 0.333. The summed E-state index contributed by atoms with van der Waals surface area (Å²) in [5.41, 5.74) is 1.83. The molecule has 0 heterocycles. The molecule has 0 aliphatic carbocycles. The molecular weight excluding hydrogens is 328 g/mol. The summed E-state index contributed by atoms with van der Waals surface area (Å²) in [6.07, 6.45) is 1.86. The Labute approximate surface area is 155 Å². The number of rotatable bonds is 8. The van der Waals surface area contributed by atoms with Crippen LogP contribution >= 0.6 is 0 Å². The molecular formula is C21H26N2O3. The van der Waals surface area contributed by atoms with Crippen LogP contribution in [0.2, 0.25) is 0 Å². The van der Waals surface area contributed by atoms with Crippen LogP contribution < -0.4 is 10.1 Å². The normalized spacial score (nSPS) is 10.3. The molecule has 0 aliphatic rings. The summed E-state index contributed by atoms with van der Waals surface area (Å²) < 4.78 is 5.09. The molecule has 0 fully saturated rings. The topological polar surface area (TPSA) is 58.6 Å². The van der Waals surface area contributed by atoms with Gasteiger partial charge < -0.3 is 15.0 Å². The first kappa shape index (κ1) is 19.5. The second-order valence-electron chi connectivity index (χ2n) is 6.05. The van der Waals surface area contributed by atoms with Gasteiger partial charge in [-0.15, -0.1) is 0 Å². The minimum Gasteiger partial charge on any atom is -0.497 e. The quantitative estimate of drug-likeness (QED) is 0.772. The van der Waals surface area contributed by atoms with Crippen molar-refractivity contribution in [1.29, 1.82) is 0 Å². The number of nitrogens with one attached hydrogen (secondary N) is 1. The highest BCUT2D eigenvalue weighted by molar-refractivity contribution is 6.04. The van der Waals surface area contributed by atoms with Gasteiger partial charge in [0.2, 0.25) is 0 Å². The van der Waals surface area contributed by atoms with Crippen LogP contribution in [-0.4, -0.2) is 36.9 Å². The standard InChI is InChI=1S/C21H26N2O3/c1-4-14-23(15-5-2)21(25)17-6-10-18(11-7-17)22-20(24)16-8-12-19(26-3)13-9-16/h6-13H,4-5,14-15H2,1-3H3,(H,22,24). The molecule has 0 unspecified atom stereocenters. The SMILES string of the molecule is CCCN(CCC)C(=O)c1ccc(NC(=O)c2ccc(OC)cc2)cc1. The summed E-state index contributed by atoms with van der Waals surface area (Å²) >= 11 is 0. The van der Waals surface area contributed by atoms with Crippen LogP contribution in [-0.2, 0) is 0 Å². The van der Waals surface area contributed by atoms with Crippen molar-refractivity contribution < 1.29 is 14.3 Å². The molecule has 0 radical (unpaired) electrons. The maximum absolute atomic E-state index is 12.6. The number of carbonyl (C=O) groups excluding carboxylic acids is 2. The van der Waals surface area contributed by atoms with Crippen LogP contribution in [0.3, 0.4) is 0 Å². The Morgan fingerprint density at radius 2 is 1.42 bits per heavy atom. The molecule has 2 amide bonds. The van der Waals surface area contributed by atoms with E-state index >= 15 is 0 Å². The highest BCUT2D eigenvalue weighted by Gasteiger charge is 2.14. The first-order chi connectivity index (χ1) is 12.6. The zero-order valence-electron chi connectivity index (χ0n) is 15.6. The van der Waals surface area contributed by atoms with Gasteiger partial charge in [0.15, 0.2) is 0 Å². The predicted octanol–water partition coefficient (Wildman–Crippen LogP) is 4.21. The molecule has 2 rings (SSSR count). The van der Waals surface area contributed by atoms with Crippen molar-refractivity contribution in [2.75, 3.05) is 25.5 Å². The Morgan fingerprint density at radius 3 is 1.92 bits per heavy atom. The lowest BCUT2D eigenvalue weighted by Crippen LogP contribution is -2.32. The highest BCUT2D eigenvalue weighted by atomic mass is 16.5. The van der Waals surface area contributed by atoms with Crippen molar-refractivity contribution >= 4 is 17.5 Å². The van der Waals surface area contributed by atoms with E-state index < -0.39 is 0 Å². The second kappa shape index (κ2) is 9.61. The molecule has 2 aromatic carbocycles. The largest absolute Gasteiger partial charge is 0.497 e. The van der Waals surface area contributed by atoms with Gasteiger partial charge in [0.1, 0.15) is 5.75 Å². The van der Waals surface area contributed by atoms with Crippen molar-refractivity contribution in [3.63, 3.8) is 0 Å². The molecule has 0 spiro atoms. The Kier molecular flexibility index (Phi) is 7.21. The van der Waals surface area contributed by atoms with E-state index in [2.05, 4.69) is 19.2 Å². The third-order valence-corrected chi connectivity index (χ3v) is 4.02. The molecule has 0 saturated heterocycles. The second-order valence-corrected chi connectivity index (χ2v) is 6.05. The average molecular weight is 354 g/mol. The number of nitrogens with zero attached hydrogens (tertiary/aromatic N) is 1. The smallest absolute Gasteiger partial charge is 0.255 e. The third kappa shape index (κ3) is 5.09. The zero-order chi connectivity index (χ0) is 18.9. The summed E-state index contributed by atoms with van der Waals surface area (Å²) in [4.78, 5) is 26.7. The molecule has 1 N–H and O–H groups in total. The highest BCUT2D eigenvalue weighted by Crippen LogP contribution is 2.15. The molecule has 0 aliphatic heterocycles. The van der Waals surface area contributed by atoms with Crippen molar-refractivity contribution in [2.24, 2.45) is 0 Å². The van der Waals surface area contributed by atoms with Gasteiger partial charge in [-0.3, -0.25) is 9.59 Å². The fourth-order valence-electron chi connectivity index (χ4n) is 2.68. The van der Waals surface area contributed by atoms with Crippen LogP contribution in [0.15, 0.2) is 48.5 Å². The van der Waals surface area contributed by atoms with Crippen molar-refractivity contribution in [3.05, 3.63) is 59.7 Å². The summed E-state index contributed by atoms with van der Waals surface area (Å²) in [6, 6.07) is 13.9. The van der Waals surface area contributed by atoms with Crippen LogP contribution in [0.5, 0.6) is 5.75 Å². The van der Waals surface area contributed by atoms with Gasteiger partial charge >= 0.3 is 0 Å². The maximum atomic E-state index is 12.6. The molecule has 5 heteroatoms. The minimum atomic E-state index is -0.203. The van der Waals surface area contributed by atoms with Gasteiger partial charge in [-0.1, -0.05) is 13.8 Å². The lowest BCUT2D eigenvalue weighted by molar-refractivity contribution is 0.0755. The number of benzene rings is 2. The van der Waals surface area contributed by atoms with E-state index in [-0.39, 0.29) is 11.8 Å². The van der Waals surface area contributed by atoms with Crippen LogP contribution in [0.25, 0.3) is 0 Å². The first-order valence-corrected chi connectivity index (χ1v) is 8.93. The van der Waals surface area contributed by atoms with E-state index in [1.807, 2.05) is 4.90 Å².